The fraction of sp³-hybridized carbons (Fsp3) is 0.553. The zero-order valence-corrected chi connectivity index (χ0v) is 28.7. The van der Waals surface area contributed by atoms with E-state index in [9.17, 15) is 4.79 Å². The molecule has 9 heteroatoms. The summed E-state index contributed by atoms with van der Waals surface area (Å²) in [5.41, 5.74) is 0.879. The van der Waals surface area contributed by atoms with Crippen LogP contribution in [0.25, 0.3) is 32.3 Å². The Morgan fingerprint density at radius 1 is 0.574 bits per heavy atom. The summed E-state index contributed by atoms with van der Waals surface area (Å²) < 4.78 is 27.2. The lowest BCUT2D eigenvalue weighted by molar-refractivity contribution is -0.00145. The molecular weight excluding hydrogens is 594 g/mol. The lowest BCUT2D eigenvalue weighted by Crippen LogP contribution is -2.34. The molecule has 4 rings (SSSR count). The second kappa shape index (κ2) is 20.3. The van der Waals surface area contributed by atoms with Crippen LogP contribution < -0.4 is 16.0 Å². The molecule has 258 valence electrons. The average Bonchev–Trinajstić information content (AvgIpc) is 3.05. The molecule has 4 aromatic carbocycles. The van der Waals surface area contributed by atoms with Crippen LogP contribution in [0, 0.1) is 0 Å². The third-order valence-corrected chi connectivity index (χ3v) is 7.85. The second-order valence-electron chi connectivity index (χ2n) is 12.8. The second-order valence-corrected chi connectivity index (χ2v) is 12.8. The average molecular weight is 650 g/mol. The van der Waals surface area contributed by atoms with E-state index < -0.39 is 11.7 Å². The van der Waals surface area contributed by atoms with E-state index in [-0.39, 0.29) is 0 Å². The zero-order valence-electron chi connectivity index (χ0n) is 28.7. The molecule has 0 bridgehead atoms. The molecule has 47 heavy (non-hydrogen) atoms. The topological polar surface area (TPSA) is 99.3 Å². The van der Waals surface area contributed by atoms with Gasteiger partial charge in [-0.1, -0.05) is 67.4 Å². The molecule has 4 aromatic rings. The Morgan fingerprint density at radius 3 is 1.74 bits per heavy atom. The summed E-state index contributed by atoms with van der Waals surface area (Å²) in [6.07, 6.45) is 4.43. The Hall–Kier alpha value is -3.05. The van der Waals surface area contributed by atoms with E-state index in [4.69, 9.17) is 23.7 Å². The van der Waals surface area contributed by atoms with Gasteiger partial charge in [0, 0.05) is 19.6 Å². The Kier molecular flexibility index (Phi) is 15.9. The minimum atomic E-state index is -0.500. The summed E-state index contributed by atoms with van der Waals surface area (Å²) in [7, 11) is 0. The number of carbonyl (C=O) groups is 1. The molecule has 0 radical (unpaired) electrons. The van der Waals surface area contributed by atoms with Gasteiger partial charge in [0.25, 0.3) is 0 Å². The summed E-state index contributed by atoms with van der Waals surface area (Å²) in [6, 6.07) is 20.2. The molecule has 0 saturated heterocycles. The first kappa shape index (κ1) is 36.8. The Morgan fingerprint density at radius 2 is 1.11 bits per heavy atom. The molecule has 0 aliphatic rings. The van der Waals surface area contributed by atoms with Gasteiger partial charge in [0.1, 0.15) is 5.60 Å². The lowest BCUT2D eigenvalue weighted by Gasteiger charge is -2.19. The molecule has 0 aliphatic heterocycles. The smallest absolute Gasteiger partial charge is 0.407 e. The molecule has 0 unspecified atom stereocenters. The van der Waals surface area contributed by atoms with Crippen molar-refractivity contribution in [2.24, 2.45) is 0 Å². The van der Waals surface area contributed by atoms with Gasteiger partial charge >= 0.3 is 6.09 Å². The van der Waals surface area contributed by atoms with Crippen LogP contribution in [-0.2, 0) is 30.2 Å². The summed E-state index contributed by atoms with van der Waals surface area (Å²) >= 11 is 0. The van der Waals surface area contributed by atoms with Crippen LogP contribution >= 0.6 is 0 Å². The quantitative estimate of drug-likeness (QED) is 0.0592. The molecule has 1 amide bonds. The Bertz CT molecular complexity index is 1440. The van der Waals surface area contributed by atoms with E-state index in [0.717, 1.165) is 26.2 Å². The van der Waals surface area contributed by atoms with E-state index in [1.165, 1.54) is 63.6 Å². The van der Waals surface area contributed by atoms with Crippen molar-refractivity contribution >= 4 is 38.4 Å². The predicted molar refractivity (Wildman–Crippen MR) is 191 cm³/mol. The molecule has 0 spiro atoms. The van der Waals surface area contributed by atoms with Crippen LogP contribution in [0.15, 0.2) is 54.6 Å². The first-order valence-corrected chi connectivity index (χ1v) is 17.3. The molecule has 3 N–H and O–H groups in total. The van der Waals surface area contributed by atoms with Crippen molar-refractivity contribution in [2.75, 3.05) is 79.0 Å². The maximum Gasteiger partial charge on any atom is 0.407 e. The van der Waals surface area contributed by atoms with Crippen molar-refractivity contribution in [1.29, 1.82) is 0 Å². The van der Waals surface area contributed by atoms with Gasteiger partial charge in [-0.3, -0.25) is 0 Å². The fourth-order valence-corrected chi connectivity index (χ4v) is 5.60. The fourth-order valence-electron chi connectivity index (χ4n) is 5.60. The normalized spacial score (nSPS) is 12.1. The Labute approximate surface area is 280 Å². The lowest BCUT2D eigenvalue weighted by atomic mass is 9.92. The number of nitrogens with one attached hydrogen (secondary N) is 3. The maximum absolute atomic E-state index is 11.5. The van der Waals surface area contributed by atoms with Crippen molar-refractivity contribution < 1.29 is 28.5 Å². The number of hydrogen-bond acceptors (Lipinski definition) is 8. The largest absolute Gasteiger partial charge is 0.444 e. The monoisotopic (exact) mass is 649 g/mol. The maximum atomic E-state index is 11.5. The van der Waals surface area contributed by atoms with Crippen LogP contribution in [0.1, 0.15) is 52.0 Å². The number of rotatable bonds is 24. The number of hydrogen-bond donors (Lipinski definition) is 3. The van der Waals surface area contributed by atoms with Gasteiger partial charge in [-0.05, 0) is 84.6 Å². The molecule has 0 atom stereocenters. The SMILES string of the molecule is CC(C)(C)OC(=O)NCCOCCOCCOCCOCCNCCCCCCNCc1ccc2ccc3cccc4ccc1c2c34. The number of unbranched alkanes of at least 4 members (excludes halogenated alkanes) is 3. The van der Waals surface area contributed by atoms with Crippen LogP contribution in [0.2, 0.25) is 0 Å². The predicted octanol–water partition coefficient (Wildman–Crippen LogP) is 6.41. The van der Waals surface area contributed by atoms with Crippen molar-refractivity contribution in [1.82, 2.24) is 16.0 Å². The van der Waals surface area contributed by atoms with Gasteiger partial charge < -0.3 is 39.6 Å². The van der Waals surface area contributed by atoms with Crippen molar-refractivity contribution in [3.8, 4) is 0 Å². The number of benzene rings is 4. The minimum absolute atomic E-state index is 0.401. The van der Waals surface area contributed by atoms with Crippen molar-refractivity contribution in [2.45, 2.75) is 58.6 Å². The van der Waals surface area contributed by atoms with Gasteiger partial charge in [0.2, 0.25) is 0 Å². The van der Waals surface area contributed by atoms with Crippen molar-refractivity contribution in [3.63, 3.8) is 0 Å². The van der Waals surface area contributed by atoms with E-state index >= 15 is 0 Å². The summed E-state index contributed by atoms with van der Waals surface area (Å²) in [6.45, 7) is 13.9. The number of ether oxygens (including phenoxy) is 5. The van der Waals surface area contributed by atoms with Gasteiger partial charge in [-0.15, -0.1) is 0 Å². The summed E-state index contributed by atoms with van der Waals surface area (Å²) in [5.74, 6) is 0. The first-order valence-electron chi connectivity index (χ1n) is 17.3. The molecule has 0 heterocycles. The molecular formula is C38H55N3O6. The Balaban J connectivity index is 0.884. The van der Waals surface area contributed by atoms with Crippen LogP contribution in [0.4, 0.5) is 4.79 Å². The highest BCUT2D eigenvalue weighted by Crippen LogP contribution is 2.35. The summed E-state index contributed by atoms with van der Waals surface area (Å²) in [5, 5.41) is 17.9. The van der Waals surface area contributed by atoms with Gasteiger partial charge in [0.15, 0.2) is 0 Å². The zero-order chi connectivity index (χ0) is 33.2. The first-order chi connectivity index (χ1) is 22.9. The highest BCUT2D eigenvalue weighted by Gasteiger charge is 2.15. The van der Waals surface area contributed by atoms with Gasteiger partial charge in [-0.2, -0.15) is 0 Å². The molecule has 0 saturated carbocycles. The molecule has 9 nitrogen and oxygen atoms in total. The number of amides is 1. The molecule has 0 aliphatic carbocycles. The standard InChI is InChI=1S/C38H55N3O6/c1-38(2,3)47-37(42)41-20-22-44-24-26-46-28-27-45-25-23-43-21-19-39-17-6-4-5-7-18-40-29-33-14-13-32-12-11-30-9-8-10-31-15-16-34(33)36(32)35(30)31/h8-16,39-40H,4-7,17-29H2,1-3H3,(H,41,42). The number of alkyl carbamates (subject to hydrolysis) is 1. The number of carbonyl (C=O) groups excluding carboxylic acids is 1. The van der Waals surface area contributed by atoms with Crippen LogP contribution in [-0.4, -0.2) is 90.7 Å². The highest BCUT2D eigenvalue weighted by atomic mass is 16.6. The van der Waals surface area contributed by atoms with E-state index in [1.54, 1.807) is 0 Å². The van der Waals surface area contributed by atoms with Gasteiger partial charge in [0.05, 0.1) is 52.9 Å². The summed E-state index contributed by atoms with van der Waals surface area (Å²) in [4.78, 5) is 11.5. The van der Waals surface area contributed by atoms with Crippen LogP contribution in [0.3, 0.4) is 0 Å². The van der Waals surface area contributed by atoms with Crippen molar-refractivity contribution in [3.05, 3.63) is 60.2 Å². The molecule has 0 aromatic heterocycles. The minimum Gasteiger partial charge on any atom is -0.444 e. The van der Waals surface area contributed by atoms with Gasteiger partial charge in [-0.25, -0.2) is 4.79 Å². The highest BCUT2D eigenvalue weighted by molar-refractivity contribution is 6.23. The van der Waals surface area contributed by atoms with E-state index in [0.29, 0.717) is 59.4 Å². The third kappa shape index (κ3) is 13.2. The van der Waals surface area contributed by atoms with E-state index in [1.807, 2.05) is 20.8 Å². The third-order valence-electron chi connectivity index (χ3n) is 7.85. The molecule has 0 fully saturated rings. The van der Waals surface area contributed by atoms with Crippen LogP contribution in [0.5, 0.6) is 0 Å². The van der Waals surface area contributed by atoms with E-state index in [2.05, 4.69) is 70.5 Å².